The number of methoxy groups -OCH3 is 1. The van der Waals surface area contributed by atoms with E-state index in [2.05, 4.69) is 29.6 Å². The van der Waals surface area contributed by atoms with Gasteiger partial charge in [-0.25, -0.2) is 0 Å². The third-order valence-electron chi connectivity index (χ3n) is 3.02. The van der Waals surface area contributed by atoms with Crippen molar-refractivity contribution in [1.29, 1.82) is 0 Å². The first-order chi connectivity index (χ1) is 7.90. The Hall–Kier alpha value is -0.900. The van der Waals surface area contributed by atoms with E-state index in [0.717, 1.165) is 19.6 Å². The zero-order valence-electron chi connectivity index (χ0n) is 9.69. The van der Waals surface area contributed by atoms with Gasteiger partial charge in [0.2, 0.25) is 0 Å². The van der Waals surface area contributed by atoms with E-state index in [4.69, 9.17) is 9.47 Å². The van der Waals surface area contributed by atoms with Gasteiger partial charge in [0, 0.05) is 26.3 Å². The van der Waals surface area contributed by atoms with E-state index in [-0.39, 0.29) is 6.10 Å². The Morgan fingerprint density at radius 3 is 2.94 bits per heavy atom. The van der Waals surface area contributed by atoms with Gasteiger partial charge in [0.15, 0.2) is 0 Å². The Labute approximate surface area is 96.8 Å². The van der Waals surface area contributed by atoms with Crippen molar-refractivity contribution in [2.24, 2.45) is 0 Å². The van der Waals surface area contributed by atoms with Crippen LogP contribution in [0.15, 0.2) is 30.3 Å². The van der Waals surface area contributed by atoms with Crippen molar-refractivity contribution in [3.63, 3.8) is 0 Å². The van der Waals surface area contributed by atoms with Crippen LogP contribution in [0.3, 0.4) is 0 Å². The van der Waals surface area contributed by atoms with Gasteiger partial charge >= 0.3 is 0 Å². The Kier molecular flexibility index (Phi) is 4.34. The van der Waals surface area contributed by atoms with Crippen molar-refractivity contribution < 1.29 is 9.47 Å². The molecule has 1 N–H and O–H groups in total. The minimum Gasteiger partial charge on any atom is -0.379 e. The number of benzene rings is 1. The SMILES string of the molecule is COC1COCCC1NCc1ccccc1. The van der Waals surface area contributed by atoms with Crippen molar-refractivity contribution in [3.05, 3.63) is 35.9 Å². The summed E-state index contributed by atoms with van der Waals surface area (Å²) in [4.78, 5) is 0. The summed E-state index contributed by atoms with van der Waals surface area (Å²) in [5.41, 5.74) is 1.31. The van der Waals surface area contributed by atoms with Gasteiger partial charge in [0.25, 0.3) is 0 Å². The third-order valence-corrected chi connectivity index (χ3v) is 3.02. The second kappa shape index (κ2) is 5.99. The Balaban J connectivity index is 1.84. The molecule has 1 aromatic carbocycles. The minimum absolute atomic E-state index is 0.178. The number of hydrogen-bond donors (Lipinski definition) is 1. The molecule has 16 heavy (non-hydrogen) atoms. The molecular formula is C13H19NO2. The van der Waals surface area contributed by atoms with Gasteiger partial charge in [0.1, 0.15) is 0 Å². The zero-order valence-corrected chi connectivity index (χ0v) is 9.69. The average molecular weight is 221 g/mol. The molecule has 3 nitrogen and oxygen atoms in total. The highest BCUT2D eigenvalue weighted by Crippen LogP contribution is 2.11. The third kappa shape index (κ3) is 3.04. The second-order valence-corrected chi connectivity index (χ2v) is 4.11. The van der Waals surface area contributed by atoms with Gasteiger partial charge in [-0.05, 0) is 12.0 Å². The molecule has 88 valence electrons. The first kappa shape index (κ1) is 11.6. The van der Waals surface area contributed by atoms with Crippen molar-refractivity contribution in [1.82, 2.24) is 5.32 Å². The summed E-state index contributed by atoms with van der Waals surface area (Å²) in [5.74, 6) is 0. The highest BCUT2D eigenvalue weighted by molar-refractivity contribution is 5.14. The normalized spacial score (nSPS) is 25.6. The summed E-state index contributed by atoms with van der Waals surface area (Å²) in [6.45, 7) is 2.42. The summed E-state index contributed by atoms with van der Waals surface area (Å²) in [5, 5.41) is 3.53. The van der Waals surface area contributed by atoms with E-state index < -0.39 is 0 Å². The van der Waals surface area contributed by atoms with Gasteiger partial charge in [-0.3, -0.25) is 0 Å². The number of hydrogen-bond acceptors (Lipinski definition) is 3. The van der Waals surface area contributed by atoms with Crippen LogP contribution in [0.2, 0.25) is 0 Å². The number of ether oxygens (including phenoxy) is 2. The van der Waals surface area contributed by atoms with Crippen molar-refractivity contribution in [2.45, 2.75) is 25.1 Å². The zero-order chi connectivity index (χ0) is 11.2. The Bertz CT molecular complexity index is 302. The number of rotatable bonds is 4. The quantitative estimate of drug-likeness (QED) is 0.837. The van der Waals surface area contributed by atoms with E-state index >= 15 is 0 Å². The summed E-state index contributed by atoms with van der Waals surface area (Å²) >= 11 is 0. The van der Waals surface area contributed by atoms with Gasteiger partial charge in [-0.2, -0.15) is 0 Å². The lowest BCUT2D eigenvalue weighted by atomic mass is 10.1. The molecule has 0 spiro atoms. The fourth-order valence-corrected chi connectivity index (χ4v) is 2.02. The van der Waals surface area contributed by atoms with E-state index in [1.54, 1.807) is 7.11 Å². The molecule has 0 aliphatic carbocycles. The largest absolute Gasteiger partial charge is 0.379 e. The predicted octanol–water partition coefficient (Wildman–Crippen LogP) is 1.58. The molecule has 0 aromatic heterocycles. The van der Waals surface area contributed by atoms with E-state index in [0.29, 0.717) is 12.6 Å². The first-order valence-electron chi connectivity index (χ1n) is 5.78. The topological polar surface area (TPSA) is 30.5 Å². The van der Waals surface area contributed by atoms with Crippen LogP contribution in [0.4, 0.5) is 0 Å². The van der Waals surface area contributed by atoms with Crippen LogP contribution >= 0.6 is 0 Å². The van der Waals surface area contributed by atoms with Crippen LogP contribution in [-0.2, 0) is 16.0 Å². The lowest BCUT2D eigenvalue weighted by molar-refractivity contribution is -0.0501. The average Bonchev–Trinajstić information content (AvgIpc) is 2.38. The maximum Gasteiger partial charge on any atom is 0.0958 e. The van der Waals surface area contributed by atoms with Crippen LogP contribution in [-0.4, -0.2) is 32.5 Å². The highest BCUT2D eigenvalue weighted by Gasteiger charge is 2.24. The molecule has 0 amide bonds. The molecule has 1 aromatic rings. The van der Waals surface area contributed by atoms with E-state index in [1.807, 2.05) is 6.07 Å². The van der Waals surface area contributed by atoms with Gasteiger partial charge < -0.3 is 14.8 Å². The molecule has 1 saturated heterocycles. The van der Waals surface area contributed by atoms with Crippen molar-refractivity contribution in [3.8, 4) is 0 Å². The van der Waals surface area contributed by atoms with Crippen molar-refractivity contribution >= 4 is 0 Å². The first-order valence-corrected chi connectivity index (χ1v) is 5.78. The summed E-state index contributed by atoms with van der Waals surface area (Å²) in [6, 6.07) is 10.8. The minimum atomic E-state index is 0.178. The monoisotopic (exact) mass is 221 g/mol. The summed E-state index contributed by atoms with van der Waals surface area (Å²) < 4.78 is 10.8. The van der Waals surface area contributed by atoms with E-state index in [1.165, 1.54) is 5.56 Å². The van der Waals surface area contributed by atoms with Gasteiger partial charge in [-0.1, -0.05) is 30.3 Å². The summed E-state index contributed by atoms with van der Waals surface area (Å²) in [7, 11) is 1.75. The van der Waals surface area contributed by atoms with Crippen LogP contribution in [0.5, 0.6) is 0 Å². The molecule has 0 radical (unpaired) electrons. The smallest absolute Gasteiger partial charge is 0.0958 e. The maximum atomic E-state index is 5.40. The lowest BCUT2D eigenvalue weighted by Gasteiger charge is -2.31. The van der Waals surface area contributed by atoms with Crippen LogP contribution in [0.25, 0.3) is 0 Å². The molecule has 3 heteroatoms. The van der Waals surface area contributed by atoms with Crippen LogP contribution in [0.1, 0.15) is 12.0 Å². The van der Waals surface area contributed by atoms with Gasteiger partial charge in [-0.15, -0.1) is 0 Å². The molecule has 2 atom stereocenters. The molecule has 1 aliphatic rings. The maximum absolute atomic E-state index is 5.40. The Morgan fingerprint density at radius 1 is 1.38 bits per heavy atom. The molecule has 2 unspecified atom stereocenters. The fraction of sp³-hybridized carbons (Fsp3) is 0.538. The lowest BCUT2D eigenvalue weighted by Crippen LogP contribution is -2.47. The second-order valence-electron chi connectivity index (χ2n) is 4.11. The van der Waals surface area contributed by atoms with Gasteiger partial charge in [0.05, 0.1) is 12.7 Å². The molecule has 1 aliphatic heterocycles. The highest BCUT2D eigenvalue weighted by atomic mass is 16.5. The Morgan fingerprint density at radius 2 is 2.19 bits per heavy atom. The molecule has 1 heterocycles. The fourth-order valence-electron chi connectivity index (χ4n) is 2.02. The number of nitrogens with one attached hydrogen (secondary N) is 1. The molecule has 0 saturated carbocycles. The summed E-state index contributed by atoms with van der Waals surface area (Å²) in [6.07, 6.45) is 1.20. The molecule has 1 fully saturated rings. The van der Waals surface area contributed by atoms with Crippen LogP contribution < -0.4 is 5.32 Å². The van der Waals surface area contributed by atoms with Crippen LogP contribution in [0, 0.1) is 0 Å². The molecular weight excluding hydrogens is 202 g/mol. The standard InChI is InChI=1S/C13H19NO2/c1-15-13-10-16-8-7-12(13)14-9-11-5-3-2-4-6-11/h2-6,12-14H,7-10H2,1H3. The molecule has 0 bridgehead atoms. The van der Waals surface area contributed by atoms with E-state index in [9.17, 15) is 0 Å². The predicted molar refractivity (Wildman–Crippen MR) is 63.3 cm³/mol. The molecule has 2 rings (SSSR count). The van der Waals surface area contributed by atoms with Crippen molar-refractivity contribution in [2.75, 3.05) is 20.3 Å².